The van der Waals surface area contributed by atoms with Gasteiger partial charge in [0, 0.05) is 39.8 Å². The number of hydrogen-bond acceptors (Lipinski definition) is 17. The number of carbonyl (C=O) groups is 7. The minimum Gasteiger partial charge on any atom is -0.465 e. The van der Waals surface area contributed by atoms with Crippen molar-refractivity contribution in [1.82, 2.24) is 4.98 Å². The maximum Gasteiger partial charge on any atom is 0.340 e. The standard InChI is InChI=1S/C41H47NO16/c1-20-15-16-28-27(14-11-17-42-28)38(50)52-18-39(7)29-31(53-23(4)44)34(55-25(6)46)40(19-51-22(3)43)35(57-37(49)26-12-9-8-10-13-26)32(54-24(5)45)30(56-36(20)48)21(2)41(40,58-39)33(29)47/h8-14,17,20-21,29-35,47H,15-16,18-19H2,1-7H3. The first-order chi connectivity index (χ1) is 27.4. The summed E-state index contributed by atoms with van der Waals surface area (Å²) in [5.74, 6) is -9.83. The highest BCUT2D eigenvalue weighted by Crippen LogP contribution is 2.68. The fourth-order valence-corrected chi connectivity index (χ4v) is 9.43. The number of benzene rings is 1. The molecule has 0 amide bonds. The molecule has 12 unspecified atom stereocenters. The highest BCUT2D eigenvalue weighted by atomic mass is 16.7. The molecule has 3 heterocycles. The van der Waals surface area contributed by atoms with Crippen molar-refractivity contribution in [2.45, 2.75) is 109 Å². The van der Waals surface area contributed by atoms with Crippen LogP contribution in [0.2, 0.25) is 0 Å². The number of rotatable bonds is 7. The van der Waals surface area contributed by atoms with Gasteiger partial charge in [0.15, 0.2) is 18.3 Å². The third-order valence-corrected chi connectivity index (χ3v) is 11.8. The van der Waals surface area contributed by atoms with Gasteiger partial charge in [0.1, 0.15) is 42.0 Å². The van der Waals surface area contributed by atoms with Gasteiger partial charge in [-0.1, -0.05) is 32.0 Å². The summed E-state index contributed by atoms with van der Waals surface area (Å²) in [6.07, 6.45) is -8.86. The first kappa shape index (κ1) is 42.2. The van der Waals surface area contributed by atoms with Crippen LogP contribution in [0.3, 0.4) is 0 Å². The van der Waals surface area contributed by atoms with Crippen molar-refractivity contribution in [3.8, 4) is 0 Å². The molecule has 312 valence electrons. The summed E-state index contributed by atoms with van der Waals surface area (Å²) in [6.45, 7) is 7.38. The van der Waals surface area contributed by atoms with E-state index in [0.29, 0.717) is 5.69 Å². The lowest BCUT2D eigenvalue weighted by Gasteiger charge is -2.65. The average Bonchev–Trinajstić information content (AvgIpc) is 3.36. The Morgan fingerprint density at radius 2 is 1.48 bits per heavy atom. The average molecular weight is 810 g/mol. The van der Waals surface area contributed by atoms with Crippen molar-refractivity contribution in [1.29, 1.82) is 0 Å². The Bertz CT molecular complexity index is 1970. The van der Waals surface area contributed by atoms with Gasteiger partial charge in [0.2, 0.25) is 0 Å². The Morgan fingerprint density at radius 1 is 0.845 bits per heavy atom. The lowest BCUT2D eigenvalue weighted by atomic mass is 9.46. The molecular formula is C41H47NO16. The quantitative estimate of drug-likeness (QED) is 0.313. The summed E-state index contributed by atoms with van der Waals surface area (Å²) in [7, 11) is 0. The van der Waals surface area contributed by atoms with Gasteiger partial charge in [0.05, 0.1) is 34.8 Å². The Hall–Kier alpha value is -5.42. The molecule has 0 radical (unpaired) electrons. The molecule has 1 spiro atoms. The van der Waals surface area contributed by atoms with Crippen molar-refractivity contribution in [3.63, 3.8) is 0 Å². The zero-order valence-corrected chi connectivity index (χ0v) is 33.2. The lowest BCUT2D eigenvalue weighted by Crippen LogP contribution is -2.83. The highest BCUT2D eigenvalue weighted by Gasteiger charge is 2.87. The zero-order valence-electron chi connectivity index (χ0n) is 33.2. The number of aromatic nitrogens is 1. The predicted molar refractivity (Wildman–Crippen MR) is 194 cm³/mol. The van der Waals surface area contributed by atoms with E-state index in [1.165, 1.54) is 44.3 Å². The monoisotopic (exact) mass is 809 g/mol. The number of cyclic esters (lactones) is 1. The molecule has 4 bridgehead atoms. The van der Waals surface area contributed by atoms with E-state index in [9.17, 15) is 38.7 Å². The summed E-state index contributed by atoms with van der Waals surface area (Å²) in [5.41, 5.74) is -6.03. The first-order valence-electron chi connectivity index (χ1n) is 19.0. The van der Waals surface area contributed by atoms with Crippen molar-refractivity contribution in [3.05, 3.63) is 65.5 Å². The second-order valence-electron chi connectivity index (χ2n) is 15.6. The van der Waals surface area contributed by atoms with E-state index in [0.717, 1.165) is 27.7 Å². The maximum absolute atomic E-state index is 14.3. The summed E-state index contributed by atoms with van der Waals surface area (Å²) in [4.78, 5) is 98.9. The molecule has 1 aromatic carbocycles. The fourth-order valence-electron chi connectivity index (χ4n) is 9.43. The molecule has 58 heavy (non-hydrogen) atoms. The van der Waals surface area contributed by atoms with Gasteiger partial charge in [-0.3, -0.25) is 29.0 Å². The van der Waals surface area contributed by atoms with E-state index in [-0.39, 0.29) is 24.0 Å². The van der Waals surface area contributed by atoms with Gasteiger partial charge in [-0.05, 0) is 44.0 Å². The Morgan fingerprint density at radius 3 is 2.12 bits per heavy atom. The normalized spacial score (nSPS) is 35.4. The van der Waals surface area contributed by atoms with Crippen LogP contribution in [0.25, 0.3) is 0 Å². The van der Waals surface area contributed by atoms with Gasteiger partial charge in [0.25, 0.3) is 0 Å². The third kappa shape index (κ3) is 7.18. The molecule has 1 saturated heterocycles. The Labute approximate surface area is 333 Å². The van der Waals surface area contributed by atoms with Crippen LogP contribution in [0.1, 0.15) is 81.3 Å². The molecule has 12 atom stereocenters. The minimum atomic E-state index is -2.34. The summed E-state index contributed by atoms with van der Waals surface area (Å²) < 4.78 is 49.3. The smallest absolute Gasteiger partial charge is 0.340 e. The molecule has 17 heteroatoms. The number of fused-ring (bicyclic) bond motifs is 5. The van der Waals surface area contributed by atoms with E-state index < -0.39 is 126 Å². The van der Waals surface area contributed by atoms with Crippen LogP contribution >= 0.6 is 0 Å². The van der Waals surface area contributed by atoms with Crippen LogP contribution in [-0.2, 0) is 68.3 Å². The SMILES string of the molecule is CC(=O)OCC12C(OC(=O)c3ccccc3)C(OC(C)=O)C3OC(=O)C(C)CCc4ncccc4C(=O)OCC4(C)OC1(C3C)C(O)C4C(OC(C)=O)C2OC(C)=O. The molecule has 17 nitrogen and oxygen atoms in total. The first-order valence-corrected chi connectivity index (χ1v) is 19.0. The highest BCUT2D eigenvalue weighted by molar-refractivity contribution is 5.91. The molecule has 1 N–H and O–H groups in total. The van der Waals surface area contributed by atoms with E-state index in [1.54, 1.807) is 25.1 Å². The third-order valence-electron chi connectivity index (χ3n) is 11.8. The number of hydrogen-bond donors (Lipinski definition) is 1. The molecule has 3 fully saturated rings. The van der Waals surface area contributed by atoms with Gasteiger partial charge >= 0.3 is 41.8 Å². The summed E-state index contributed by atoms with van der Waals surface area (Å²) in [5, 5.41) is 13.0. The van der Waals surface area contributed by atoms with Crippen molar-refractivity contribution < 1.29 is 76.6 Å². The molecular weight excluding hydrogens is 762 g/mol. The van der Waals surface area contributed by atoms with E-state index in [4.69, 9.17) is 37.9 Å². The second-order valence-corrected chi connectivity index (χ2v) is 15.6. The van der Waals surface area contributed by atoms with Crippen LogP contribution in [0.4, 0.5) is 0 Å². The lowest BCUT2D eigenvalue weighted by molar-refractivity contribution is -0.347. The molecule has 6 rings (SSSR count). The fraction of sp³-hybridized carbons (Fsp3) is 0.561. The van der Waals surface area contributed by atoms with Gasteiger partial charge in [-0.15, -0.1) is 0 Å². The van der Waals surface area contributed by atoms with Crippen molar-refractivity contribution >= 4 is 41.8 Å². The topological polar surface area (TPSA) is 226 Å². The molecule has 4 aliphatic rings. The number of esters is 7. The predicted octanol–water partition coefficient (Wildman–Crippen LogP) is 2.47. The number of pyridine rings is 1. The summed E-state index contributed by atoms with van der Waals surface area (Å²) >= 11 is 0. The zero-order chi connectivity index (χ0) is 42.3. The molecule has 2 saturated carbocycles. The largest absolute Gasteiger partial charge is 0.465 e. The number of aliphatic hydroxyl groups excluding tert-OH is 1. The van der Waals surface area contributed by atoms with Crippen molar-refractivity contribution in [2.24, 2.45) is 23.2 Å². The number of ether oxygens (including phenoxy) is 8. The number of aryl methyl sites for hydroxylation is 1. The number of carbonyl (C=O) groups excluding carboxylic acids is 7. The maximum atomic E-state index is 14.3. The van der Waals surface area contributed by atoms with Gasteiger partial charge in [-0.2, -0.15) is 0 Å². The van der Waals surface area contributed by atoms with E-state index >= 15 is 0 Å². The molecule has 2 aromatic rings. The number of aliphatic hydroxyl groups is 1. The van der Waals surface area contributed by atoms with E-state index in [2.05, 4.69) is 4.98 Å². The minimum absolute atomic E-state index is 0.00650. The number of nitrogens with zero attached hydrogens (tertiary/aromatic N) is 1. The van der Waals surface area contributed by atoms with Gasteiger partial charge in [-0.25, -0.2) is 9.59 Å². The molecule has 2 aliphatic carbocycles. The van der Waals surface area contributed by atoms with Gasteiger partial charge < -0.3 is 43.0 Å². The summed E-state index contributed by atoms with van der Waals surface area (Å²) in [6, 6.07) is 10.7. The Kier molecular flexibility index (Phi) is 11.7. The van der Waals surface area contributed by atoms with E-state index in [1.807, 2.05) is 0 Å². The van der Waals surface area contributed by atoms with Crippen LogP contribution in [0.5, 0.6) is 0 Å². The van der Waals surface area contributed by atoms with Crippen LogP contribution in [0, 0.1) is 23.2 Å². The van der Waals surface area contributed by atoms with Crippen LogP contribution < -0.4 is 0 Å². The van der Waals surface area contributed by atoms with Crippen LogP contribution in [-0.4, -0.2) is 113 Å². The second kappa shape index (κ2) is 16.1. The Balaban J connectivity index is 1.70. The van der Waals surface area contributed by atoms with Crippen LogP contribution in [0.15, 0.2) is 48.7 Å². The molecule has 2 aliphatic heterocycles. The molecule has 1 aromatic heterocycles. The van der Waals surface area contributed by atoms with Crippen molar-refractivity contribution in [2.75, 3.05) is 13.2 Å².